The number of H-pyrrole nitrogens is 1. The van der Waals surface area contributed by atoms with Gasteiger partial charge in [-0.2, -0.15) is 0 Å². The molecule has 1 aliphatic carbocycles. The Labute approximate surface area is 357 Å². The molecule has 2 saturated heterocycles. The Morgan fingerprint density at radius 1 is 0.803 bits per heavy atom. The molecule has 4 amide bonds. The number of benzene rings is 2. The fraction of sp³-hybridized carbons (Fsp3) is 0.587. The van der Waals surface area contributed by atoms with Crippen LogP contribution in [0.2, 0.25) is 0 Å². The monoisotopic (exact) mass is 843 g/mol. The number of rotatable bonds is 16. The van der Waals surface area contributed by atoms with E-state index in [1.54, 1.807) is 40.1 Å². The number of carbonyl (C=O) groups is 4. The van der Waals surface area contributed by atoms with Gasteiger partial charge >= 0.3 is 0 Å². The minimum absolute atomic E-state index is 0.0270. The van der Waals surface area contributed by atoms with E-state index >= 15 is 0 Å². The van der Waals surface area contributed by atoms with Gasteiger partial charge < -0.3 is 40.6 Å². The lowest BCUT2D eigenvalue weighted by atomic mass is 9.83. The first-order valence-corrected chi connectivity index (χ1v) is 22.4. The number of carbonyl (C=O) groups excluding carboxylic acids is 4. The van der Waals surface area contributed by atoms with Gasteiger partial charge in [-0.3, -0.25) is 19.2 Å². The summed E-state index contributed by atoms with van der Waals surface area (Å²) in [5.41, 5.74) is 3.32. The van der Waals surface area contributed by atoms with Crippen molar-refractivity contribution in [1.82, 2.24) is 45.6 Å². The van der Waals surface area contributed by atoms with Gasteiger partial charge in [0.1, 0.15) is 23.7 Å². The van der Waals surface area contributed by atoms with Crippen LogP contribution in [0.3, 0.4) is 0 Å². The zero-order chi connectivity index (χ0) is 43.4. The molecule has 4 heterocycles. The van der Waals surface area contributed by atoms with Crippen molar-refractivity contribution in [3.05, 3.63) is 53.6 Å². The van der Waals surface area contributed by atoms with Crippen LogP contribution in [0.1, 0.15) is 97.0 Å². The molecule has 2 aromatic heterocycles. The molecule has 4 aromatic rings. The lowest BCUT2D eigenvalue weighted by Gasteiger charge is -2.35. The second kappa shape index (κ2) is 19.4. The zero-order valence-electron chi connectivity index (χ0n) is 36.3. The third-order valence-electron chi connectivity index (χ3n) is 13.6. The normalized spacial score (nSPS) is 20.6. The molecule has 61 heavy (non-hydrogen) atoms. The molecule has 0 bridgehead atoms. The minimum atomic E-state index is -0.673. The first-order chi connectivity index (χ1) is 29.4. The van der Waals surface area contributed by atoms with Crippen molar-refractivity contribution >= 4 is 45.6 Å². The number of hydrogen-bond donors (Lipinski definition) is 5. The number of hydrogen-bond acceptors (Lipinski definition) is 7. The number of likely N-dealkylation sites (tertiary alicyclic amines) is 2. The fourth-order valence-electron chi connectivity index (χ4n) is 9.83. The summed E-state index contributed by atoms with van der Waals surface area (Å²) < 4.78 is 31.7. The molecule has 3 fully saturated rings. The predicted octanol–water partition coefficient (Wildman–Crippen LogP) is 5.55. The van der Waals surface area contributed by atoms with Crippen molar-refractivity contribution in [2.45, 2.75) is 141 Å². The zero-order valence-corrected chi connectivity index (χ0v) is 36.3. The SMILES string of the molecule is CC[C@H](NC(=O)[C@H](C)NC)C(=O)N1CCC[C@H]1Cc1c(-c2nc3cc(F)ccc3n2CC[C@@H]2CCCN2C(=O)[C@@H](NC(=O)[C@H](C)NC)C2CCCCC2)[nH]c2cc(F)ccc12. The van der Waals surface area contributed by atoms with Crippen molar-refractivity contribution < 1.29 is 28.0 Å². The number of nitrogens with one attached hydrogen (secondary N) is 5. The molecule has 7 rings (SSSR count). The van der Waals surface area contributed by atoms with Gasteiger partial charge in [0.25, 0.3) is 0 Å². The van der Waals surface area contributed by atoms with Gasteiger partial charge in [0, 0.05) is 48.7 Å². The Hall–Kier alpha value is -4.89. The smallest absolute Gasteiger partial charge is 0.245 e. The highest BCUT2D eigenvalue weighted by Crippen LogP contribution is 2.37. The highest BCUT2D eigenvalue weighted by atomic mass is 19.1. The van der Waals surface area contributed by atoms with Crippen molar-refractivity contribution in [1.29, 1.82) is 0 Å². The van der Waals surface area contributed by atoms with E-state index in [9.17, 15) is 28.0 Å². The van der Waals surface area contributed by atoms with Crippen molar-refractivity contribution in [2.24, 2.45) is 5.92 Å². The summed E-state index contributed by atoms with van der Waals surface area (Å²) in [7, 11) is 3.44. The van der Waals surface area contributed by atoms with Gasteiger partial charge in [-0.1, -0.05) is 26.2 Å². The van der Waals surface area contributed by atoms with Crippen LogP contribution in [0, 0.1) is 17.6 Å². The van der Waals surface area contributed by atoms with Crippen molar-refractivity contribution in [3.8, 4) is 11.5 Å². The topological polar surface area (TPSA) is 156 Å². The fourth-order valence-corrected chi connectivity index (χ4v) is 9.83. The van der Waals surface area contributed by atoms with E-state index in [-0.39, 0.29) is 41.6 Å². The van der Waals surface area contributed by atoms with Crippen LogP contribution in [0.5, 0.6) is 0 Å². The lowest BCUT2D eigenvalue weighted by Crippen LogP contribution is -2.56. The van der Waals surface area contributed by atoms with Crippen molar-refractivity contribution in [2.75, 3.05) is 27.2 Å². The molecule has 0 unspecified atom stereocenters. The van der Waals surface area contributed by atoms with E-state index in [0.29, 0.717) is 61.4 Å². The highest BCUT2D eigenvalue weighted by Gasteiger charge is 2.39. The van der Waals surface area contributed by atoms with Gasteiger partial charge in [0.2, 0.25) is 23.6 Å². The lowest BCUT2D eigenvalue weighted by molar-refractivity contribution is -0.139. The molecule has 0 spiro atoms. The van der Waals surface area contributed by atoms with Crippen LogP contribution in [0.4, 0.5) is 8.78 Å². The molecule has 0 radical (unpaired) electrons. The summed E-state index contributed by atoms with van der Waals surface area (Å²) in [4.78, 5) is 66.9. The summed E-state index contributed by atoms with van der Waals surface area (Å²) in [5, 5.41) is 12.8. The van der Waals surface area contributed by atoms with E-state index in [1.165, 1.54) is 24.3 Å². The number of halogens is 2. The van der Waals surface area contributed by atoms with Crippen LogP contribution in [-0.2, 0) is 32.1 Å². The summed E-state index contributed by atoms with van der Waals surface area (Å²) in [6.07, 6.45) is 9.73. The van der Waals surface area contributed by atoms with Gasteiger partial charge in [-0.05, 0) is 128 Å². The maximum atomic E-state index is 14.8. The first kappa shape index (κ1) is 44.2. The molecule has 5 N–H and O–H groups in total. The number of nitrogens with zero attached hydrogens (tertiary/aromatic N) is 4. The van der Waals surface area contributed by atoms with E-state index in [2.05, 4.69) is 30.8 Å². The van der Waals surface area contributed by atoms with Crippen LogP contribution < -0.4 is 21.3 Å². The minimum Gasteiger partial charge on any atom is -0.352 e. The molecule has 2 aromatic carbocycles. The predicted molar refractivity (Wildman–Crippen MR) is 233 cm³/mol. The summed E-state index contributed by atoms with van der Waals surface area (Å²) in [5.74, 6) is -0.747. The average molecular weight is 844 g/mol. The van der Waals surface area contributed by atoms with Crippen molar-refractivity contribution in [3.63, 3.8) is 0 Å². The standard InChI is InChI=1S/C46H63F2N9O4/c1-6-36(53-43(58)27(2)49-4)45(60)56-22-11-15-33(56)26-35-34-18-16-30(47)24-37(34)51-41(35)42-52-38-25-31(48)17-19-39(38)57(42)23-20-32-14-10-21-55(32)46(61)40(29-12-8-7-9-13-29)54-44(59)28(3)50-5/h16-19,24-25,27-29,32-33,36,40,49-51H,6-15,20-23,26H2,1-5H3,(H,53,58)(H,54,59)/t27-,28-,32-,33-,36-,40-/m0/s1. The van der Waals surface area contributed by atoms with E-state index in [1.807, 2.05) is 16.7 Å². The van der Waals surface area contributed by atoms with Gasteiger partial charge in [-0.15, -0.1) is 0 Å². The molecule has 6 atom stereocenters. The number of likely N-dealkylation sites (N-methyl/N-ethyl adjacent to an activating group) is 2. The third kappa shape index (κ3) is 9.47. The maximum Gasteiger partial charge on any atom is 0.245 e. The molecular formula is C46H63F2N9O4. The number of fused-ring (bicyclic) bond motifs is 2. The number of aromatic amines is 1. The van der Waals surface area contributed by atoms with Gasteiger partial charge in [-0.25, -0.2) is 13.8 Å². The Bertz CT molecular complexity index is 2220. The molecule has 330 valence electrons. The van der Waals surface area contributed by atoms with Crippen LogP contribution in [0.25, 0.3) is 33.5 Å². The third-order valence-corrected chi connectivity index (χ3v) is 13.6. The second-order valence-corrected chi connectivity index (χ2v) is 17.4. The molecule has 2 aliphatic heterocycles. The van der Waals surface area contributed by atoms with E-state index in [0.717, 1.165) is 74.3 Å². The van der Waals surface area contributed by atoms with Crippen LogP contribution in [0.15, 0.2) is 36.4 Å². The molecule has 3 aliphatic rings. The molecule has 13 nitrogen and oxygen atoms in total. The summed E-state index contributed by atoms with van der Waals surface area (Å²) in [6.45, 7) is 7.06. The van der Waals surface area contributed by atoms with Gasteiger partial charge in [0.15, 0.2) is 5.82 Å². The second-order valence-electron chi connectivity index (χ2n) is 17.4. The first-order valence-electron chi connectivity index (χ1n) is 22.4. The van der Waals surface area contributed by atoms with Gasteiger partial charge in [0.05, 0.1) is 28.8 Å². The Balaban J connectivity index is 1.20. The molecule has 1 saturated carbocycles. The van der Waals surface area contributed by atoms with E-state index < -0.39 is 35.8 Å². The largest absolute Gasteiger partial charge is 0.352 e. The van der Waals surface area contributed by atoms with Crippen LogP contribution >= 0.6 is 0 Å². The number of amides is 4. The highest BCUT2D eigenvalue weighted by molar-refractivity contribution is 5.93. The number of aromatic nitrogens is 3. The molecule has 15 heteroatoms. The van der Waals surface area contributed by atoms with Crippen LogP contribution in [-0.4, -0.2) is 111 Å². The summed E-state index contributed by atoms with van der Waals surface area (Å²) >= 11 is 0. The Morgan fingerprint density at radius 2 is 1.44 bits per heavy atom. The van der Waals surface area contributed by atoms with E-state index in [4.69, 9.17) is 4.98 Å². The quantitative estimate of drug-likeness (QED) is 0.0991. The summed E-state index contributed by atoms with van der Waals surface area (Å²) in [6, 6.07) is 6.79. The maximum absolute atomic E-state index is 14.8. The number of imidazole rings is 1. The Kier molecular flexibility index (Phi) is 14.1. The average Bonchev–Trinajstić information content (AvgIpc) is 4.08. The number of aryl methyl sites for hydroxylation is 1. The molecular weight excluding hydrogens is 781 g/mol. The Morgan fingerprint density at radius 3 is 2.13 bits per heavy atom.